The van der Waals surface area contributed by atoms with E-state index in [1.165, 1.54) is 11.0 Å². The van der Waals surface area contributed by atoms with Gasteiger partial charge in [0.05, 0.1) is 0 Å². The van der Waals surface area contributed by atoms with E-state index >= 15 is 0 Å². The molecule has 4 nitrogen and oxygen atoms in total. The molecule has 0 radical (unpaired) electrons. The Morgan fingerprint density at radius 1 is 0.912 bits per heavy atom. The normalized spacial score (nSPS) is 11.8. The summed E-state index contributed by atoms with van der Waals surface area (Å²) in [5.41, 5.74) is 2.14. The van der Waals surface area contributed by atoms with Crippen LogP contribution in [0.15, 0.2) is 78.9 Å². The van der Waals surface area contributed by atoms with E-state index in [4.69, 9.17) is 11.6 Å². The first kappa shape index (κ1) is 25.4. The summed E-state index contributed by atoms with van der Waals surface area (Å²) >= 11 is 6.28. The molecule has 0 aromatic heterocycles. The third-order valence-electron chi connectivity index (χ3n) is 5.57. The van der Waals surface area contributed by atoms with Crippen LogP contribution in [-0.2, 0) is 29.0 Å². The zero-order valence-electron chi connectivity index (χ0n) is 19.5. The van der Waals surface area contributed by atoms with Crippen LogP contribution in [0.1, 0.15) is 37.0 Å². The molecule has 3 aromatic carbocycles. The molecule has 0 bridgehead atoms. The summed E-state index contributed by atoms with van der Waals surface area (Å²) in [6.45, 7) is 3.74. The summed E-state index contributed by atoms with van der Waals surface area (Å²) in [6.07, 6.45) is 0.903. The Morgan fingerprint density at radius 2 is 1.53 bits per heavy atom. The number of rotatable bonds is 10. The second-order valence-electron chi connectivity index (χ2n) is 8.57. The van der Waals surface area contributed by atoms with E-state index in [1.807, 2.05) is 62.4 Å². The lowest BCUT2D eigenvalue weighted by Gasteiger charge is -2.32. The van der Waals surface area contributed by atoms with Gasteiger partial charge in [0.25, 0.3) is 0 Å². The standard InChI is InChI=1S/C28H30ClFN2O2/c1-20(2)31-28(34)26(18-21-10-4-3-5-11-21)32(19-23-13-7-9-15-25(23)30)27(33)17-16-22-12-6-8-14-24(22)29/h3-15,20,26H,16-19H2,1-2H3,(H,31,34)/t26-/m1/s1. The van der Waals surface area contributed by atoms with Crippen LogP contribution in [0.4, 0.5) is 4.39 Å². The molecule has 0 saturated heterocycles. The summed E-state index contributed by atoms with van der Waals surface area (Å²) in [4.78, 5) is 28.3. The average Bonchev–Trinajstić information content (AvgIpc) is 2.82. The zero-order chi connectivity index (χ0) is 24.5. The van der Waals surface area contributed by atoms with E-state index in [1.54, 1.807) is 24.3 Å². The van der Waals surface area contributed by atoms with Crippen molar-refractivity contribution in [2.24, 2.45) is 0 Å². The van der Waals surface area contributed by atoms with E-state index in [-0.39, 0.29) is 30.8 Å². The number of halogens is 2. The van der Waals surface area contributed by atoms with Crippen molar-refractivity contribution < 1.29 is 14.0 Å². The average molecular weight is 481 g/mol. The first-order valence-corrected chi connectivity index (χ1v) is 11.8. The van der Waals surface area contributed by atoms with Crippen molar-refractivity contribution >= 4 is 23.4 Å². The van der Waals surface area contributed by atoms with Crippen LogP contribution in [0.2, 0.25) is 5.02 Å². The molecular formula is C28H30ClFN2O2. The molecule has 0 aliphatic heterocycles. The fourth-order valence-corrected chi connectivity index (χ4v) is 4.06. The Bertz CT molecular complexity index is 1100. The maximum Gasteiger partial charge on any atom is 0.243 e. The minimum Gasteiger partial charge on any atom is -0.352 e. The highest BCUT2D eigenvalue weighted by molar-refractivity contribution is 6.31. The zero-order valence-corrected chi connectivity index (χ0v) is 20.3. The van der Waals surface area contributed by atoms with Gasteiger partial charge in [0.2, 0.25) is 11.8 Å². The molecule has 2 amide bonds. The molecule has 0 aliphatic rings. The van der Waals surface area contributed by atoms with Gasteiger partial charge in [-0.3, -0.25) is 9.59 Å². The van der Waals surface area contributed by atoms with E-state index in [9.17, 15) is 14.0 Å². The Kier molecular flexibility index (Phi) is 9.23. The number of carbonyl (C=O) groups excluding carboxylic acids is 2. The van der Waals surface area contributed by atoms with Crippen molar-refractivity contribution in [1.82, 2.24) is 10.2 Å². The third-order valence-corrected chi connectivity index (χ3v) is 5.94. The van der Waals surface area contributed by atoms with Crippen molar-refractivity contribution in [1.29, 1.82) is 0 Å². The topological polar surface area (TPSA) is 49.4 Å². The summed E-state index contributed by atoms with van der Waals surface area (Å²) < 4.78 is 14.6. The molecule has 3 aromatic rings. The minimum atomic E-state index is -0.789. The molecule has 0 unspecified atom stereocenters. The van der Waals surface area contributed by atoms with Gasteiger partial charge in [-0.25, -0.2) is 4.39 Å². The van der Waals surface area contributed by atoms with Crippen LogP contribution in [0.3, 0.4) is 0 Å². The van der Waals surface area contributed by atoms with Gasteiger partial charge in [-0.1, -0.05) is 78.3 Å². The van der Waals surface area contributed by atoms with Gasteiger partial charge in [0.15, 0.2) is 0 Å². The van der Waals surface area contributed by atoms with Crippen LogP contribution in [-0.4, -0.2) is 28.8 Å². The van der Waals surface area contributed by atoms with Crippen LogP contribution in [0, 0.1) is 5.82 Å². The highest BCUT2D eigenvalue weighted by atomic mass is 35.5. The predicted molar refractivity (Wildman–Crippen MR) is 134 cm³/mol. The molecule has 0 fully saturated rings. The molecule has 1 atom stereocenters. The van der Waals surface area contributed by atoms with Gasteiger partial charge in [-0.2, -0.15) is 0 Å². The second-order valence-corrected chi connectivity index (χ2v) is 8.98. The molecule has 0 aliphatic carbocycles. The Hall–Kier alpha value is -3.18. The summed E-state index contributed by atoms with van der Waals surface area (Å²) in [6, 6.07) is 22.4. The van der Waals surface area contributed by atoms with Crippen molar-refractivity contribution in [3.63, 3.8) is 0 Å². The number of nitrogens with zero attached hydrogens (tertiary/aromatic N) is 1. The number of aryl methyl sites for hydroxylation is 1. The van der Waals surface area contributed by atoms with E-state index in [0.717, 1.165) is 11.1 Å². The summed E-state index contributed by atoms with van der Waals surface area (Å²) in [5.74, 6) is -0.904. The first-order chi connectivity index (χ1) is 16.3. The van der Waals surface area contributed by atoms with Crippen molar-refractivity contribution in [2.75, 3.05) is 0 Å². The van der Waals surface area contributed by atoms with Gasteiger partial charge in [-0.05, 0) is 43.5 Å². The van der Waals surface area contributed by atoms with Crippen molar-refractivity contribution in [3.05, 3.63) is 106 Å². The molecule has 1 N–H and O–H groups in total. The third kappa shape index (κ3) is 7.16. The number of nitrogens with one attached hydrogen (secondary N) is 1. The fourth-order valence-electron chi connectivity index (χ4n) is 3.83. The van der Waals surface area contributed by atoms with Crippen LogP contribution in [0.5, 0.6) is 0 Å². The van der Waals surface area contributed by atoms with E-state index in [2.05, 4.69) is 5.32 Å². The molecule has 3 rings (SSSR count). The van der Waals surface area contributed by atoms with Crippen LogP contribution >= 0.6 is 11.6 Å². The van der Waals surface area contributed by atoms with E-state index < -0.39 is 11.9 Å². The molecular weight excluding hydrogens is 451 g/mol. The molecule has 0 heterocycles. The number of hydrogen-bond acceptors (Lipinski definition) is 2. The van der Waals surface area contributed by atoms with Gasteiger partial charge in [0.1, 0.15) is 11.9 Å². The largest absolute Gasteiger partial charge is 0.352 e. The number of carbonyl (C=O) groups is 2. The molecule has 0 spiro atoms. The number of hydrogen-bond donors (Lipinski definition) is 1. The second kappa shape index (κ2) is 12.3. The Labute approximate surface area is 205 Å². The van der Waals surface area contributed by atoms with Gasteiger partial charge >= 0.3 is 0 Å². The van der Waals surface area contributed by atoms with E-state index in [0.29, 0.717) is 23.4 Å². The lowest BCUT2D eigenvalue weighted by molar-refractivity contribution is -0.141. The minimum absolute atomic E-state index is 0.00293. The Balaban J connectivity index is 1.93. The highest BCUT2D eigenvalue weighted by Gasteiger charge is 2.31. The lowest BCUT2D eigenvalue weighted by Crippen LogP contribution is -2.52. The van der Waals surface area contributed by atoms with Gasteiger partial charge < -0.3 is 10.2 Å². The molecule has 34 heavy (non-hydrogen) atoms. The fraction of sp³-hybridized carbons (Fsp3) is 0.286. The Morgan fingerprint density at radius 3 is 2.18 bits per heavy atom. The quantitative estimate of drug-likeness (QED) is 0.412. The molecule has 178 valence electrons. The number of benzene rings is 3. The maximum atomic E-state index is 14.6. The first-order valence-electron chi connectivity index (χ1n) is 11.5. The smallest absolute Gasteiger partial charge is 0.243 e. The summed E-state index contributed by atoms with van der Waals surface area (Å²) in [5, 5.41) is 3.53. The monoisotopic (exact) mass is 480 g/mol. The lowest BCUT2D eigenvalue weighted by atomic mass is 10.0. The van der Waals surface area contributed by atoms with Gasteiger partial charge in [0, 0.05) is 36.0 Å². The highest BCUT2D eigenvalue weighted by Crippen LogP contribution is 2.21. The van der Waals surface area contributed by atoms with Crippen molar-refractivity contribution in [3.8, 4) is 0 Å². The maximum absolute atomic E-state index is 14.6. The predicted octanol–water partition coefficient (Wildman–Crippen LogP) is 5.58. The number of amides is 2. The van der Waals surface area contributed by atoms with Gasteiger partial charge in [-0.15, -0.1) is 0 Å². The molecule has 6 heteroatoms. The van der Waals surface area contributed by atoms with Crippen molar-refractivity contribution in [2.45, 2.75) is 51.7 Å². The van der Waals surface area contributed by atoms with Crippen LogP contribution < -0.4 is 5.32 Å². The molecule has 0 saturated carbocycles. The SMILES string of the molecule is CC(C)NC(=O)[C@@H](Cc1ccccc1)N(Cc1ccccc1F)C(=O)CCc1ccccc1Cl. The summed E-state index contributed by atoms with van der Waals surface area (Å²) in [7, 11) is 0. The van der Waals surface area contributed by atoms with Crippen LogP contribution in [0.25, 0.3) is 0 Å².